The van der Waals surface area contributed by atoms with E-state index in [9.17, 15) is 40.6 Å². The molecule has 304 valence electrons. The first-order valence-electron chi connectivity index (χ1n) is 19.3. The monoisotopic (exact) mass is 890 g/mol. The van der Waals surface area contributed by atoms with Crippen molar-refractivity contribution < 1.29 is 129 Å². The van der Waals surface area contributed by atoms with Crippen LogP contribution in [0.4, 0.5) is 11.4 Å². The Morgan fingerprint density at radius 2 is 1.02 bits per heavy atom. The number of carbonyl (C=O) groups excluding carboxylic acids is 2. The Bertz CT molecular complexity index is 2550. The van der Waals surface area contributed by atoms with Gasteiger partial charge in [0.05, 0.1) is 20.2 Å². The van der Waals surface area contributed by atoms with Crippen molar-refractivity contribution in [3.63, 3.8) is 0 Å². The first-order valence-corrected chi connectivity index (χ1v) is 22.5. The summed E-state index contributed by atoms with van der Waals surface area (Å²) >= 11 is 0. The summed E-state index contributed by atoms with van der Waals surface area (Å²) in [7, 11) is -8.91. The van der Waals surface area contributed by atoms with Crippen molar-refractivity contribution in [2.24, 2.45) is 5.92 Å². The number of carbonyl (C=O) groups is 2. The van der Waals surface area contributed by atoms with Crippen molar-refractivity contribution in [2.75, 3.05) is 34.4 Å². The van der Waals surface area contributed by atoms with Crippen molar-refractivity contribution >= 4 is 64.9 Å². The number of Topliss-reactive ketones (excluding diaryl/α,β-unsaturated/α-hetero) is 1. The number of carboxylic acids is 1. The SMILES string of the molecule is CC1(C)/C(=C\C=C2/CC(C(=O)[O-])C/C(=C\C=C3\N(CCCS(=O)(=O)[O-])c4ccc5ccccc5c4C3(C)C)C2=O)N(CCCS(=O)(=O)[O-])c2ccc3ccccc3c21.[Na+].[Na+].[Na+]. The van der Waals surface area contributed by atoms with Crippen LogP contribution in [0, 0.1) is 5.92 Å². The zero-order valence-electron chi connectivity index (χ0n) is 35.9. The van der Waals surface area contributed by atoms with E-state index in [2.05, 4.69) is 0 Å². The summed E-state index contributed by atoms with van der Waals surface area (Å²) in [5, 5.41) is 16.5. The van der Waals surface area contributed by atoms with Gasteiger partial charge in [-0.2, -0.15) is 0 Å². The van der Waals surface area contributed by atoms with Crippen molar-refractivity contribution in [3.8, 4) is 0 Å². The molecule has 0 saturated heterocycles. The van der Waals surface area contributed by atoms with Crippen LogP contribution in [0.2, 0.25) is 0 Å². The quantitative estimate of drug-likeness (QED) is 0.0860. The molecule has 16 heteroatoms. The molecule has 0 spiro atoms. The molecule has 2 heterocycles. The van der Waals surface area contributed by atoms with Gasteiger partial charge in [-0.1, -0.05) is 101 Å². The molecule has 1 fully saturated rings. The summed E-state index contributed by atoms with van der Waals surface area (Å²) in [6.45, 7) is 8.62. The van der Waals surface area contributed by atoms with E-state index >= 15 is 0 Å². The molecule has 0 radical (unpaired) electrons. The molecule has 0 unspecified atom stereocenters. The minimum absolute atomic E-state index is 0. The molecule has 4 aromatic carbocycles. The zero-order chi connectivity index (χ0) is 41.8. The predicted molar refractivity (Wildman–Crippen MR) is 222 cm³/mol. The number of carboxylic acid groups (broad SMARTS) is 1. The molecule has 0 atom stereocenters. The number of nitrogens with zero attached hydrogens (tertiary/aromatic N) is 2. The first-order chi connectivity index (χ1) is 27.3. The normalized spacial score (nSPS) is 20.8. The molecule has 0 bridgehead atoms. The van der Waals surface area contributed by atoms with Crippen LogP contribution in [0.1, 0.15) is 64.5 Å². The Hall–Kier alpha value is -2.08. The number of benzene rings is 4. The number of fused-ring (bicyclic) bond motifs is 6. The van der Waals surface area contributed by atoms with Crippen LogP contribution in [0.3, 0.4) is 0 Å². The van der Waals surface area contributed by atoms with Gasteiger partial charge in [0, 0.05) is 81.2 Å². The van der Waals surface area contributed by atoms with E-state index in [-0.39, 0.29) is 144 Å². The van der Waals surface area contributed by atoms with Crippen LogP contribution >= 0.6 is 0 Å². The average Bonchev–Trinajstić information content (AvgIpc) is 3.51. The van der Waals surface area contributed by atoms with Crippen LogP contribution in [0.25, 0.3) is 21.5 Å². The molecular weight excluding hydrogens is 846 g/mol. The summed E-state index contributed by atoms with van der Waals surface area (Å²) < 4.78 is 69.4. The number of rotatable bonds is 11. The summed E-state index contributed by atoms with van der Waals surface area (Å²) in [5.41, 5.74) is 4.57. The fraction of sp³-hybridized carbons (Fsp3) is 0.333. The van der Waals surface area contributed by atoms with Gasteiger partial charge in [0.1, 0.15) is 0 Å². The number of allylic oxidation sites excluding steroid dienone is 8. The van der Waals surface area contributed by atoms with E-state index < -0.39 is 54.5 Å². The largest absolute Gasteiger partial charge is 1.00 e. The smallest absolute Gasteiger partial charge is 0.748 e. The molecule has 0 N–H and O–H groups in total. The molecule has 1 aliphatic carbocycles. The van der Waals surface area contributed by atoms with E-state index in [1.807, 2.05) is 110 Å². The second-order valence-electron chi connectivity index (χ2n) is 16.4. The third-order valence-electron chi connectivity index (χ3n) is 11.8. The molecule has 7 rings (SSSR count). The molecule has 4 aromatic rings. The molecular formula is C45H45N2Na3O9S2. The number of ketones is 1. The van der Waals surface area contributed by atoms with Crippen LogP contribution < -0.4 is 104 Å². The molecule has 3 aliphatic rings. The Morgan fingerprint density at radius 1 is 0.639 bits per heavy atom. The Balaban J connectivity index is 0.00000273. The van der Waals surface area contributed by atoms with Gasteiger partial charge in [-0.3, -0.25) is 4.79 Å². The van der Waals surface area contributed by atoms with Gasteiger partial charge < -0.3 is 28.8 Å². The van der Waals surface area contributed by atoms with Crippen molar-refractivity contribution in [1.82, 2.24) is 0 Å². The fourth-order valence-electron chi connectivity index (χ4n) is 9.16. The number of hydrogen-bond acceptors (Lipinski definition) is 11. The molecule has 0 aromatic heterocycles. The average molecular weight is 891 g/mol. The van der Waals surface area contributed by atoms with Gasteiger partial charge in [-0.25, -0.2) is 16.8 Å². The van der Waals surface area contributed by atoms with Crippen LogP contribution in [0.5, 0.6) is 0 Å². The Labute approximate surface area is 424 Å². The molecule has 1 saturated carbocycles. The minimum Gasteiger partial charge on any atom is -0.748 e. The van der Waals surface area contributed by atoms with Crippen molar-refractivity contribution in [2.45, 2.75) is 64.2 Å². The van der Waals surface area contributed by atoms with Gasteiger partial charge in [0.2, 0.25) is 0 Å². The number of aliphatic carboxylic acids is 1. The Morgan fingerprint density at radius 3 is 1.38 bits per heavy atom. The molecule has 61 heavy (non-hydrogen) atoms. The second kappa shape index (κ2) is 20.0. The predicted octanol–water partition coefficient (Wildman–Crippen LogP) is -2.88. The van der Waals surface area contributed by atoms with Crippen molar-refractivity contribution in [3.05, 3.63) is 131 Å². The maximum Gasteiger partial charge on any atom is 1.00 e. The fourth-order valence-corrected chi connectivity index (χ4v) is 10.1. The second-order valence-corrected chi connectivity index (χ2v) is 19.4. The van der Waals surface area contributed by atoms with Gasteiger partial charge in [0.15, 0.2) is 5.78 Å². The first kappa shape index (κ1) is 51.6. The van der Waals surface area contributed by atoms with E-state index in [0.29, 0.717) is 0 Å². The maximum absolute atomic E-state index is 14.3. The summed E-state index contributed by atoms with van der Waals surface area (Å²) in [6.07, 6.45) is 6.95. The molecule has 2 aliphatic heterocycles. The van der Waals surface area contributed by atoms with E-state index in [1.165, 1.54) is 0 Å². The van der Waals surface area contributed by atoms with E-state index in [0.717, 1.165) is 55.4 Å². The summed E-state index contributed by atoms with van der Waals surface area (Å²) in [5.74, 6) is -3.67. The standard InChI is InChI=1S/C45H48N2O9S2.3Na/c1-44(2)38(46(23-9-25-57(51,52)53)36-19-15-29-11-5-7-13-34(29)40(36)44)21-17-31-27-33(43(49)50)28-32(42(31)48)18-22-39-45(3,4)41-35-14-8-6-12-30(35)16-20-37(41)47(39)24-10-26-58(54,55)56;;;/h5-8,11-22,33H,9-10,23-28H2,1-4H3,(H,49,50)(H,51,52,53)(H,54,55,56);;;/q;3*+1/p-3/b31-17+,32-18+,38-21+,39-22+;;;. The minimum atomic E-state index is -4.45. The van der Waals surface area contributed by atoms with Crippen molar-refractivity contribution in [1.29, 1.82) is 0 Å². The van der Waals surface area contributed by atoms with Gasteiger partial charge in [-0.05, 0) is 82.6 Å². The summed E-state index contributed by atoms with van der Waals surface area (Å²) in [4.78, 5) is 30.7. The molecule has 0 amide bonds. The van der Waals surface area contributed by atoms with Crippen LogP contribution in [-0.2, 0) is 40.7 Å². The van der Waals surface area contributed by atoms with E-state index in [4.69, 9.17) is 0 Å². The third-order valence-corrected chi connectivity index (χ3v) is 13.4. The number of hydrogen-bond donors (Lipinski definition) is 0. The topological polar surface area (TPSA) is 178 Å². The Kier molecular flexibility index (Phi) is 16.9. The van der Waals surface area contributed by atoms with Gasteiger partial charge in [0.25, 0.3) is 0 Å². The zero-order valence-corrected chi connectivity index (χ0v) is 43.5. The van der Waals surface area contributed by atoms with Crippen LogP contribution in [0.15, 0.2) is 120 Å². The van der Waals surface area contributed by atoms with E-state index in [1.54, 1.807) is 24.3 Å². The van der Waals surface area contributed by atoms with Gasteiger partial charge in [-0.15, -0.1) is 0 Å². The van der Waals surface area contributed by atoms with Crippen LogP contribution in [-0.4, -0.2) is 62.3 Å². The number of anilines is 2. The maximum atomic E-state index is 14.3. The summed E-state index contributed by atoms with van der Waals surface area (Å²) in [6, 6.07) is 23.8. The van der Waals surface area contributed by atoms with Gasteiger partial charge >= 0.3 is 88.7 Å². The third kappa shape index (κ3) is 10.7. The molecule has 11 nitrogen and oxygen atoms in total.